The van der Waals surface area contributed by atoms with Crippen molar-refractivity contribution < 1.29 is 8.42 Å². The molecule has 1 saturated carbocycles. The van der Waals surface area contributed by atoms with Crippen molar-refractivity contribution in [3.05, 3.63) is 48.2 Å². The number of benzene rings is 1. The maximum atomic E-state index is 11.4. The molecule has 0 amide bonds. The van der Waals surface area contributed by atoms with Gasteiger partial charge in [-0.1, -0.05) is 18.2 Å². The molecular weight excluding hydrogens is 284 g/mol. The van der Waals surface area contributed by atoms with E-state index in [1.54, 1.807) is 24.3 Å². The Hall–Kier alpha value is -1.72. The second-order valence-electron chi connectivity index (χ2n) is 5.50. The number of hydrogen-bond donors (Lipinski definition) is 1. The molecule has 1 heterocycles. The molecule has 1 N–H and O–H groups in total. The van der Waals surface area contributed by atoms with Crippen LogP contribution in [0.15, 0.2) is 47.5 Å². The molecule has 1 fully saturated rings. The van der Waals surface area contributed by atoms with Crippen molar-refractivity contribution >= 4 is 9.84 Å². The molecule has 0 spiro atoms. The Kier molecular flexibility index (Phi) is 3.78. The lowest BCUT2D eigenvalue weighted by molar-refractivity contribution is 0.602. The van der Waals surface area contributed by atoms with Gasteiger partial charge in [-0.3, -0.25) is 4.98 Å². The molecule has 3 rings (SSSR count). The number of pyridine rings is 1. The van der Waals surface area contributed by atoms with E-state index in [1.807, 2.05) is 12.3 Å². The highest BCUT2D eigenvalue weighted by atomic mass is 32.2. The van der Waals surface area contributed by atoms with E-state index >= 15 is 0 Å². The van der Waals surface area contributed by atoms with Gasteiger partial charge in [-0.15, -0.1) is 0 Å². The molecule has 5 heteroatoms. The largest absolute Gasteiger partial charge is 0.310 e. The highest BCUT2D eigenvalue weighted by molar-refractivity contribution is 7.90. The standard InChI is InChI=1S/C16H18N2O2S/c1-21(19,20)15-7-3-13(4-8-15)16-9-2-12(11-18-16)10-17-14-5-6-14/h2-4,7-9,11,14,17H,5-6,10H2,1H3. The molecule has 1 aliphatic carbocycles. The summed E-state index contributed by atoms with van der Waals surface area (Å²) < 4.78 is 22.9. The third kappa shape index (κ3) is 3.68. The molecule has 0 unspecified atom stereocenters. The topological polar surface area (TPSA) is 59.1 Å². The zero-order chi connectivity index (χ0) is 14.9. The highest BCUT2D eigenvalue weighted by Gasteiger charge is 2.19. The van der Waals surface area contributed by atoms with Gasteiger partial charge in [0, 0.05) is 30.6 Å². The van der Waals surface area contributed by atoms with Gasteiger partial charge in [0.15, 0.2) is 9.84 Å². The number of nitrogens with one attached hydrogen (secondary N) is 1. The van der Waals surface area contributed by atoms with Crippen LogP contribution in [0.25, 0.3) is 11.3 Å². The van der Waals surface area contributed by atoms with Crippen LogP contribution in [0.5, 0.6) is 0 Å². The molecule has 1 aromatic carbocycles. The van der Waals surface area contributed by atoms with Crippen LogP contribution in [0.4, 0.5) is 0 Å². The van der Waals surface area contributed by atoms with Crippen LogP contribution in [-0.4, -0.2) is 25.7 Å². The van der Waals surface area contributed by atoms with E-state index in [0.717, 1.165) is 17.8 Å². The van der Waals surface area contributed by atoms with Crippen molar-refractivity contribution in [2.75, 3.05) is 6.26 Å². The fourth-order valence-corrected chi connectivity index (χ4v) is 2.75. The first-order valence-corrected chi connectivity index (χ1v) is 8.90. The van der Waals surface area contributed by atoms with Crippen LogP contribution in [0, 0.1) is 0 Å². The lowest BCUT2D eigenvalue weighted by Gasteiger charge is -2.05. The summed E-state index contributed by atoms with van der Waals surface area (Å²) in [5.74, 6) is 0. The van der Waals surface area contributed by atoms with Gasteiger partial charge < -0.3 is 5.32 Å². The summed E-state index contributed by atoms with van der Waals surface area (Å²) in [6, 6.07) is 11.5. The van der Waals surface area contributed by atoms with Crippen molar-refractivity contribution in [3.63, 3.8) is 0 Å². The normalized spacial score (nSPS) is 15.1. The summed E-state index contributed by atoms with van der Waals surface area (Å²) in [5.41, 5.74) is 2.94. The maximum Gasteiger partial charge on any atom is 0.175 e. The highest BCUT2D eigenvalue weighted by Crippen LogP contribution is 2.21. The van der Waals surface area contributed by atoms with Gasteiger partial charge in [-0.05, 0) is 36.6 Å². The van der Waals surface area contributed by atoms with Crippen LogP contribution < -0.4 is 5.32 Å². The van der Waals surface area contributed by atoms with Gasteiger partial charge in [0.05, 0.1) is 10.6 Å². The van der Waals surface area contributed by atoms with E-state index in [4.69, 9.17) is 0 Å². The van der Waals surface area contributed by atoms with E-state index < -0.39 is 9.84 Å². The summed E-state index contributed by atoms with van der Waals surface area (Å²) in [6.45, 7) is 0.852. The minimum Gasteiger partial charge on any atom is -0.310 e. The van der Waals surface area contributed by atoms with Gasteiger partial charge >= 0.3 is 0 Å². The number of aromatic nitrogens is 1. The van der Waals surface area contributed by atoms with Crippen molar-refractivity contribution in [2.45, 2.75) is 30.3 Å². The predicted molar refractivity (Wildman–Crippen MR) is 82.6 cm³/mol. The van der Waals surface area contributed by atoms with Crippen molar-refractivity contribution in [2.24, 2.45) is 0 Å². The van der Waals surface area contributed by atoms with Gasteiger partial charge in [0.2, 0.25) is 0 Å². The molecule has 0 aliphatic heterocycles. The second-order valence-corrected chi connectivity index (χ2v) is 7.52. The third-order valence-corrected chi connectivity index (χ3v) is 4.70. The quantitative estimate of drug-likeness (QED) is 0.921. The lowest BCUT2D eigenvalue weighted by Crippen LogP contribution is -2.15. The van der Waals surface area contributed by atoms with Gasteiger partial charge in [0.25, 0.3) is 0 Å². The molecule has 0 saturated heterocycles. The maximum absolute atomic E-state index is 11.4. The van der Waals surface area contributed by atoms with E-state index in [9.17, 15) is 8.42 Å². The summed E-state index contributed by atoms with van der Waals surface area (Å²) in [4.78, 5) is 4.78. The summed E-state index contributed by atoms with van der Waals surface area (Å²) in [7, 11) is -3.15. The minimum absolute atomic E-state index is 0.330. The Bertz CT molecular complexity index is 718. The lowest BCUT2D eigenvalue weighted by atomic mass is 10.1. The van der Waals surface area contributed by atoms with Crippen molar-refractivity contribution in [3.8, 4) is 11.3 Å². The summed E-state index contributed by atoms with van der Waals surface area (Å²) >= 11 is 0. The number of nitrogens with zero attached hydrogens (tertiary/aromatic N) is 1. The Morgan fingerprint density at radius 2 is 1.86 bits per heavy atom. The van der Waals surface area contributed by atoms with E-state index in [1.165, 1.54) is 24.7 Å². The second kappa shape index (κ2) is 5.58. The first-order valence-electron chi connectivity index (χ1n) is 7.01. The Balaban J connectivity index is 1.73. The van der Waals surface area contributed by atoms with Gasteiger partial charge in [-0.2, -0.15) is 0 Å². The third-order valence-electron chi connectivity index (χ3n) is 3.58. The summed E-state index contributed by atoms with van der Waals surface area (Å²) in [5, 5.41) is 3.45. The van der Waals surface area contributed by atoms with Crippen LogP contribution in [0.1, 0.15) is 18.4 Å². The fraction of sp³-hybridized carbons (Fsp3) is 0.312. The van der Waals surface area contributed by atoms with E-state index in [2.05, 4.69) is 16.4 Å². The zero-order valence-electron chi connectivity index (χ0n) is 11.9. The smallest absolute Gasteiger partial charge is 0.175 e. The zero-order valence-corrected chi connectivity index (χ0v) is 12.7. The van der Waals surface area contributed by atoms with Crippen LogP contribution in [0.3, 0.4) is 0 Å². The Morgan fingerprint density at radius 3 is 2.38 bits per heavy atom. The SMILES string of the molecule is CS(=O)(=O)c1ccc(-c2ccc(CNC3CC3)cn2)cc1. The van der Waals surface area contributed by atoms with Crippen LogP contribution in [-0.2, 0) is 16.4 Å². The molecule has 0 radical (unpaired) electrons. The molecular formula is C16H18N2O2S. The minimum atomic E-state index is -3.15. The molecule has 4 nitrogen and oxygen atoms in total. The fourth-order valence-electron chi connectivity index (χ4n) is 2.12. The molecule has 1 aromatic heterocycles. The van der Waals surface area contributed by atoms with Gasteiger partial charge in [-0.25, -0.2) is 8.42 Å². The molecule has 0 atom stereocenters. The number of rotatable bonds is 5. The Morgan fingerprint density at radius 1 is 1.14 bits per heavy atom. The molecule has 1 aliphatic rings. The average molecular weight is 302 g/mol. The first-order chi connectivity index (χ1) is 10.0. The van der Waals surface area contributed by atoms with Gasteiger partial charge in [0.1, 0.15) is 0 Å². The van der Waals surface area contributed by atoms with E-state index in [-0.39, 0.29) is 0 Å². The average Bonchev–Trinajstić information content (AvgIpc) is 3.29. The van der Waals surface area contributed by atoms with Crippen LogP contribution >= 0.6 is 0 Å². The Labute approximate surface area is 125 Å². The molecule has 0 bridgehead atoms. The summed E-state index contributed by atoms with van der Waals surface area (Å²) in [6.07, 6.45) is 5.63. The van der Waals surface area contributed by atoms with Crippen molar-refractivity contribution in [1.82, 2.24) is 10.3 Å². The van der Waals surface area contributed by atoms with Crippen molar-refractivity contribution in [1.29, 1.82) is 0 Å². The number of hydrogen-bond acceptors (Lipinski definition) is 4. The predicted octanol–water partition coefficient (Wildman–Crippen LogP) is 2.40. The monoisotopic (exact) mass is 302 g/mol. The first kappa shape index (κ1) is 14.2. The van der Waals surface area contributed by atoms with E-state index in [0.29, 0.717) is 10.9 Å². The molecule has 2 aromatic rings. The van der Waals surface area contributed by atoms with Crippen LogP contribution in [0.2, 0.25) is 0 Å². The molecule has 110 valence electrons. The molecule has 21 heavy (non-hydrogen) atoms. The number of sulfone groups is 1.